The second kappa shape index (κ2) is 8.68. The molecule has 0 atom stereocenters. The van der Waals surface area contributed by atoms with Crippen LogP contribution in [0.25, 0.3) is 16.7 Å². The number of aliphatic hydroxyl groups excluding tert-OH is 1. The van der Waals surface area contributed by atoms with Gasteiger partial charge in [0.05, 0.1) is 5.52 Å². The Morgan fingerprint density at radius 1 is 1.23 bits per heavy atom. The molecule has 0 bridgehead atoms. The van der Waals surface area contributed by atoms with E-state index in [1.54, 1.807) is 23.9 Å². The Morgan fingerprint density at radius 3 is 2.58 bits per heavy atom. The molecule has 3 rings (SSSR count). The van der Waals surface area contributed by atoms with Crippen molar-refractivity contribution < 1.29 is 40.9 Å². The van der Waals surface area contributed by atoms with Crippen molar-refractivity contribution in [2.24, 2.45) is 7.05 Å². The van der Waals surface area contributed by atoms with E-state index in [9.17, 15) is 15.2 Å². The van der Waals surface area contributed by atoms with Gasteiger partial charge < -0.3 is 11.8 Å². The number of nitrogens with one attached hydrogen (secondary N) is 1. The summed E-state index contributed by atoms with van der Waals surface area (Å²) in [6.45, 7) is 0.265. The molecule has 0 unspecified atom stereocenters. The van der Waals surface area contributed by atoms with Crippen molar-refractivity contribution in [3.63, 3.8) is 0 Å². The molecule has 1 amide bonds. The van der Waals surface area contributed by atoms with Gasteiger partial charge >= 0.3 is 29.6 Å². The number of benzene rings is 2. The van der Waals surface area contributed by atoms with Crippen molar-refractivity contribution in [2.75, 3.05) is 0 Å². The van der Waals surface area contributed by atoms with Gasteiger partial charge in [0.1, 0.15) is 11.8 Å². The van der Waals surface area contributed by atoms with Gasteiger partial charge in [-0.3, -0.25) is 9.48 Å². The third kappa shape index (κ3) is 3.97. The van der Waals surface area contributed by atoms with Gasteiger partial charge in [-0.1, -0.05) is 48.5 Å². The van der Waals surface area contributed by atoms with Gasteiger partial charge in [-0.25, -0.2) is 0 Å². The number of aromatic nitrogens is 2. The molecule has 0 saturated carbocycles. The Morgan fingerprint density at radius 2 is 1.88 bits per heavy atom. The normalized spacial score (nSPS) is 11.2. The molecule has 0 saturated heterocycles. The number of nitriles is 1. The van der Waals surface area contributed by atoms with Gasteiger partial charge in [0.2, 0.25) is 0 Å². The molecule has 126 valence electrons. The van der Waals surface area contributed by atoms with Crippen molar-refractivity contribution in [3.8, 4) is 6.07 Å². The first-order valence-electron chi connectivity index (χ1n) is 7.69. The number of amides is 1. The van der Waals surface area contributed by atoms with Gasteiger partial charge in [0, 0.05) is 19.0 Å². The maximum atomic E-state index is 12.3. The van der Waals surface area contributed by atoms with Crippen LogP contribution < -0.4 is 34.9 Å². The number of para-hydroxylation sites is 1. The average molecular weight is 356 g/mol. The first-order valence-corrected chi connectivity index (χ1v) is 7.69. The first-order chi connectivity index (χ1) is 12.1. The predicted octanol–water partition coefficient (Wildman–Crippen LogP) is -0.201. The van der Waals surface area contributed by atoms with E-state index in [4.69, 9.17) is 0 Å². The zero-order valence-electron chi connectivity index (χ0n) is 15.6. The van der Waals surface area contributed by atoms with E-state index in [0.29, 0.717) is 5.39 Å². The van der Waals surface area contributed by atoms with E-state index in [1.807, 2.05) is 48.5 Å². The summed E-state index contributed by atoms with van der Waals surface area (Å²) in [6, 6.07) is 18.4. The molecule has 1 aromatic heterocycles. The second-order valence-electron chi connectivity index (χ2n) is 5.49. The van der Waals surface area contributed by atoms with E-state index in [1.165, 1.54) is 0 Å². The van der Waals surface area contributed by atoms with Crippen LogP contribution in [0.15, 0.2) is 60.2 Å². The minimum atomic E-state index is -0.640. The van der Waals surface area contributed by atoms with Crippen LogP contribution in [-0.2, 0) is 18.4 Å². The summed E-state index contributed by atoms with van der Waals surface area (Å²) < 4.78 is 1.59. The summed E-state index contributed by atoms with van der Waals surface area (Å²) in [5.74, 6) is -1.07. The zero-order valence-corrected chi connectivity index (χ0v) is 16.6. The van der Waals surface area contributed by atoms with Crippen molar-refractivity contribution in [1.29, 1.82) is 5.26 Å². The van der Waals surface area contributed by atoms with Gasteiger partial charge in [-0.05, 0) is 11.6 Å². The van der Waals surface area contributed by atoms with E-state index >= 15 is 0 Å². The Kier molecular flexibility index (Phi) is 6.58. The topological polar surface area (TPSA) is 90.9 Å². The van der Waals surface area contributed by atoms with Crippen LogP contribution in [0.2, 0.25) is 0 Å². The summed E-state index contributed by atoms with van der Waals surface area (Å²) in [5, 5.41) is 27.4. The number of carbonyl (C=O) groups excluding carboxylic acids is 1. The summed E-state index contributed by atoms with van der Waals surface area (Å²) in [6.07, 6.45) is 0. The van der Waals surface area contributed by atoms with Crippen molar-refractivity contribution in [2.45, 2.75) is 6.54 Å². The zero-order chi connectivity index (χ0) is 17.8. The standard InChI is InChI=1S/C19H16N4O2.Na.H/c1-23-16-10-6-5-9-14(16)17(22-23)18(24)15(11-20)19(25)21-12-13-7-3-2-4-8-13;;/h2-10,24H,12H2,1H3,(H,21,25);;/q;+1;-1/b18-15-;;. The van der Waals surface area contributed by atoms with Gasteiger partial charge in [-0.2, -0.15) is 10.4 Å². The summed E-state index contributed by atoms with van der Waals surface area (Å²) in [7, 11) is 1.74. The summed E-state index contributed by atoms with van der Waals surface area (Å²) >= 11 is 0. The molecule has 0 radical (unpaired) electrons. The van der Waals surface area contributed by atoms with Crippen molar-refractivity contribution in [1.82, 2.24) is 15.1 Å². The minimum absolute atomic E-state index is 0. The number of rotatable bonds is 4. The molecule has 6 nitrogen and oxygen atoms in total. The number of aliphatic hydroxyl groups is 1. The molecule has 3 aromatic rings. The molecule has 0 aliphatic carbocycles. The van der Waals surface area contributed by atoms with Gasteiger partial charge in [0.15, 0.2) is 11.3 Å². The van der Waals surface area contributed by atoms with E-state index in [2.05, 4.69) is 10.4 Å². The van der Waals surface area contributed by atoms with Crippen LogP contribution >= 0.6 is 0 Å². The Labute approximate surface area is 174 Å². The number of hydrogen-bond donors (Lipinski definition) is 2. The molecule has 2 aromatic carbocycles. The molecule has 2 N–H and O–H groups in total. The smallest absolute Gasteiger partial charge is 1.00 e. The third-order valence-electron chi connectivity index (χ3n) is 3.85. The molecule has 26 heavy (non-hydrogen) atoms. The van der Waals surface area contributed by atoms with Crippen LogP contribution in [0.1, 0.15) is 12.7 Å². The van der Waals surface area contributed by atoms with E-state index < -0.39 is 11.7 Å². The molecule has 0 spiro atoms. The number of aryl methyl sites for hydroxylation is 1. The van der Waals surface area contributed by atoms with E-state index in [0.717, 1.165) is 11.1 Å². The Balaban J connectivity index is 0.00000182. The van der Waals surface area contributed by atoms with Crippen LogP contribution in [0.5, 0.6) is 0 Å². The SMILES string of the molecule is Cn1nc(/C(O)=C(\C#N)C(=O)NCc2ccccc2)c2ccccc21.[H-].[Na+]. The fraction of sp³-hybridized carbons (Fsp3) is 0.105. The average Bonchev–Trinajstić information content (AvgIpc) is 2.98. The second-order valence-corrected chi connectivity index (χ2v) is 5.49. The molecular weight excluding hydrogens is 339 g/mol. The summed E-state index contributed by atoms with van der Waals surface area (Å²) in [5.41, 5.74) is 1.55. The number of carbonyl (C=O) groups is 1. The maximum Gasteiger partial charge on any atom is 1.00 e. The number of fused-ring (bicyclic) bond motifs is 1. The van der Waals surface area contributed by atoms with E-state index in [-0.39, 0.29) is 48.8 Å². The molecule has 0 aliphatic heterocycles. The largest absolute Gasteiger partial charge is 1.00 e. The minimum Gasteiger partial charge on any atom is -1.00 e. The van der Waals surface area contributed by atoms with Crippen molar-refractivity contribution >= 4 is 22.6 Å². The first kappa shape index (κ1) is 19.7. The maximum absolute atomic E-state index is 12.3. The predicted molar refractivity (Wildman–Crippen MR) is 95.3 cm³/mol. The monoisotopic (exact) mass is 356 g/mol. The fourth-order valence-electron chi connectivity index (χ4n) is 2.58. The number of hydrogen-bond acceptors (Lipinski definition) is 4. The Hall–Kier alpha value is -2.59. The molecule has 0 aliphatic rings. The van der Waals surface area contributed by atoms with Crippen LogP contribution in [0.4, 0.5) is 0 Å². The molecule has 0 fully saturated rings. The van der Waals surface area contributed by atoms with Crippen molar-refractivity contribution in [3.05, 3.63) is 71.4 Å². The van der Waals surface area contributed by atoms with Crippen LogP contribution in [0, 0.1) is 11.3 Å². The summed E-state index contributed by atoms with van der Waals surface area (Å²) in [4.78, 5) is 12.3. The van der Waals surface area contributed by atoms with Gasteiger partial charge in [0.25, 0.3) is 5.91 Å². The molecule has 1 heterocycles. The van der Waals surface area contributed by atoms with Gasteiger partial charge in [-0.15, -0.1) is 0 Å². The third-order valence-corrected chi connectivity index (χ3v) is 3.85. The van der Waals surface area contributed by atoms with Crippen LogP contribution in [-0.4, -0.2) is 20.8 Å². The molecule has 7 heteroatoms. The fourth-order valence-corrected chi connectivity index (χ4v) is 2.58. The molecular formula is C19H17N4NaO2. The number of nitrogens with zero attached hydrogens (tertiary/aromatic N) is 3. The quantitative estimate of drug-likeness (QED) is 0.293. The van der Waals surface area contributed by atoms with Crippen LogP contribution in [0.3, 0.4) is 0 Å². The Bertz CT molecular complexity index is 1010.